The van der Waals surface area contributed by atoms with Gasteiger partial charge in [0.15, 0.2) is 0 Å². The lowest BCUT2D eigenvalue weighted by molar-refractivity contribution is -0.147. The van der Waals surface area contributed by atoms with Gasteiger partial charge < -0.3 is 10.5 Å². The van der Waals surface area contributed by atoms with Gasteiger partial charge in [-0.05, 0) is 24.4 Å². The van der Waals surface area contributed by atoms with Crippen molar-refractivity contribution in [2.24, 2.45) is 11.7 Å². The monoisotopic (exact) mass is 227 g/mol. The van der Waals surface area contributed by atoms with Gasteiger partial charge in [0.2, 0.25) is 0 Å². The summed E-state index contributed by atoms with van der Waals surface area (Å²) in [7, 11) is 0. The second-order valence-electron chi connectivity index (χ2n) is 3.48. The van der Waals surface area contributed by atoms with Crippen molar-refractivity contribution in [1.82, 2.24) is 0 Å². The summed E-state index contributed by atoms with van der Waals surface area (Å²) >= 11 is 1.68. The van der Waals surface area contributed by atoms with Gasteiger partial charge in [-0.1, -0.05) is 13.0 Å². The average Bonchev–Trinajstić information content (AvgIpc) is 2.71. The van der Waals surface area contributed by atoms with Crippen molar-refractivity contribution in [2.75, 3.05) is 13.2 Å². The Morgan fingerprint density at radius 1 is 1.67 bits per heavy atom. The maximum atomic E-state index is 11.4. The molecule has 0 radical (unpaired) electrons. The molecule has 0 aromatic carbocycles. The van der Waals surface area contributed by atoms with E-state index in [9.17, 15) is 4.79 Å². The molecular formula is C11H17NO2S. The molecule has 0 aliphatic carbocycles. The first-order valence-electron chi connectivity index (χ1n) is 5.13. The van der Waals surface area contributed by atoms with E-state index in [0.717, 1.165) is 6.42 Å². The zero-order chi connectivity index (χ0) is 11.1. The van der Waals surface area contributed by atoms with E-state index < -0.39 is 0 Å². The molecule has 1 heterocycles. The fraction of sp³-hybridized carbons (Fsp3) is 0.545. The van der Waals surface area contributed by atoms with Crippen molar-refractivity contribution < 1.29 is 9.53 Å². The van der Waals surface area contributed by atoms with E-state index in [2.05, 4.69) is 0 Å². The average molecular weight is 227 g/mol. The second-order valence-corrected chi connectivity index (χ2v) is 4.51. The fourth-order valence-electron chi connectivity index (χ4n) is 1.22. The predicted molar refractivity (Wildman–Crippen MR) is 61.8 cm³/mol. The number of hydrogen-bond donors (Lipinski definition) is 1. The molecule has 0 fully saturated rings. The van der Waals surface area contributed by atoms with Gasteiger partial charge in [-0.15, -0.1) is 11.3 Å². The molecule has 3 nitrogen and oxygen atoms in total. The summed E-state index contributed by atoms with van der Waals surface area (Å²) in [5.74, 6) is -0.227. The minimum Gasteiger partial charge on any atom is -0.465 e. The fourth-order valence-corrected chi connectivity index (χ4v) is 1.91. The molecule has 0 aliphatic heterocycles. The van der Waals surface area contributed by atoms with Gasteiger partial charge in [-0.3, -0.25) is 4.79 Å². The number of carbonyl (C=O) groups excluding carboxylic acids is 1. The van der Waals surface area contributed by atoms with Crippen molar-refractivity contribution in [3.05, 3.63) is 22.4 Å². The van der Waals surface area contributed by atoms with Gasteiger partial charge in [0.25, 0.3) is 0 Å². The first-order chi connectivity index (χ1) is 7.24. The Bertz CT molecular complexity index is 285. The molecule has 0 aliphatic rings. The van der Waals surface area contributed by atoms with Crippen LogP contribution in [0.2, 0.25) is 0 Å². The number of esters is 1. The van der Waals surface area contributed by atoms with Crippen molar-refractivity contribution >= 4 is 17.3 Å². The van der Waals surface area contributed by atoms with Crippen LogP contribution in [0.15, 0.2) is 17.5 Å². The Hall–Kier alpha value is -0.870. The van der Waals surface area contributed by atoms with E-state index in [0.29, 0.717) is 19.6 Å². The van der Waals surface area contributed by atoms with E-state index in [-0.39, 0.29) is 11.9 Å². The topological polar surface area (TPSA) is 52.3 Å². The van der Waals surface area contributed by atoms with Crippen LogP contribution in [0.5, 0.6) is 0 Å². The normalized spacial score (nSPS) is 12.4. The standard InChI is InChI=1S/C11H17NO2S/c1-9(4-6-12)11(13)14-7-5-10-3-2-8-15-10/h2-3,8-9H,4-7,12H2,1H3. The molecule has 2 N–H and O–H groups in total. The lowest BCUT2D eigenvalue weighted by Gasteiger charge is -2.09. The van der Waals surface area contributed by atoms with Crippen LogP contribution in [0, 0.1) is 5.92 Å². The van der Waals surface area contributed by atoms with E-state index in [1.807, 2.05) is 24.4 Å². The maximum absolute atomic E-state index is 11.4. The van der Waals surface area contributed by atoms with Gasteiger partial charge in [0.1, 0.15) is 0 Å². The van der Waals surface area contributed by atoms with Gasteiger partial charge in [-0.25, -0.2) is 0 Å². The quantitative estimate of drug-likeness (QED) is 0.754. The summed E-state index contributed by atoms with van der Waals surface area (Å²) in [4.78, 5) is 12.6. The summed E-state index contributed by atoms with van der Waals surface area (Å²) in [5.41, 5.74) is 5.37. The van der Waals surface area contributed by atoms with E-state index >= 15 is 0 Å². The summed E-state index contributed by atoms with van der Waals surface area (Å²) < 4.78 is 5.14. The third-order valence-corrected chi connectivity index (χ3v) is 3.11. The van der Waals surface area contributed by atoms with Crippen LogP contribution < -0.4 is 5.73 Å². The molecule has 1 unspecified atom stereocenters. The maximum Gasteiger partial charge on any atom is 0.308 e. The Kier molecular flexibility index (Phi) is 5.36. The molecule has 0 saturated heterocycles. The number of rotatable bonds is 6. The first-order valence-corrected chi connectivity index (χ1v) is 6.01. The van der Waals surface area contributed by atoms with E-state index in [1.165, 1.54) is 4.88 Å². The van der Waals surface area contributed by atoms with E-state index in [1.54, 1.807) is 11.3 Å². The molecule has 1 rings (SSSR count). The highest BCUT2D eigenvalue weighted by atomic mass is 32.1. The lowest BCUT2D eigenvalue weighted by Crippen LogP contribution is -2.19. The minimum absolute atomic E-state index is 0.0849. The van der Waals surface area contributed by atoms with Gasteiger partial charge in [0.05, 0.1) is 12.5 Å². The summed E-state index contributed by atoms with van der Waals surface area (Å²) in [6.45, 7) is 2.84. The van der Waals surface area contributed by atoms with Crippen LogP contribution >= 0.6 is 11.3 Å². The predicted octanol–water partition coefficient (Wildman–Crippen LogP) is 1.82. The molecule has 0 amide bonds. The van der Waals surface area contributed by atoms with Crippen LogP contribution in [0.4, 0.5) is 0 Å². The van der Waals surface area contributed by atoms with Crippen LogP contribution in [0.3, 0.4) is 0 Å². The lowest BCUT2D eigenvalue weighted by atomic mass is 10.1. The molecule has 1 atom stereocenters. The van der Waals surface area contributed by atoms with Crippen molar-refractivity contribution in [1.29, 1.82) is 0 Å². The van der Waals surface area contributed by atoms with Crippen LogP contribution in [0.25, 0.3) is 0 Å². The van der Waals surface area contributed by atoms with Crippen LogP contribution in [0.1, 0.15) is 18.2 Å². The second kappa shape index (κ2) is 6.58. The molecule has 0 bridgehead atoms. The highest BCUT2D eigenvalue weighted by Crippen LogP contribution is 2.10. The molecule has 4 heteroatoms. The Morgan fingerprint density at radius 2 is 2.47 bits per heavy atom. The first kappa shape index (κ1) is 12.2. The van der Waals surface area contributed by atoms with Crippen LogP contribution in [-0.4, -0.2) is 19.1 Å². The molecule has 0 spiro atoms. The van der Waals surface area contributed by atoms with Crippen molar-refractivity contribution in [3.63, 3.8) is 0 Å². The Morgan fingerprint density at radius 3 is 3.07 bits per heavy atom. The highest BCUT2D eigenvalue weighted by Gasteiger charge is 2.12. The number of ether oxygens (including phenoxy) is 1. The molecule has 1 aromatic heterocycles. The molecule has 0 saturated carbocycles. The molecular weight excluding hydrogens is 210 g/mol. The van der Waals surface area contributed by atoms with Crippen LogP contribution in [-0.2, 0) is 16.0 Å². The zero-order valence-corrected chi connectivity index (χ0v) is 9.76. The minimum atomic E-state index is -0.142. The summed E-state index contributed by atoms with van der Waals surface area (Å²) in [5, 5.41) is 2.02. The van der Waals surface area contributed by atoms with Crippen molar-refractivity contribution in [3.8, 4) is 0 Å². The third-order valence-electron chi connectivity index (χ3n) is 2.17. The van der Waals surface area contributed by atoms with E-state index in [4.69, 9.17) is 10.5 Å². The highest BCUT2D eigenvalue weighted by molar-refractivity contribution is 7.09. The Labute approximate surface area is 94.2 Å². The summed E-state index contributed by atoms with van der Waals surface area (Å²) in [6, 6.07) is 4.04. The molecule has 1 aromatic rings. The number of carbonyl (C=O) groups is 1. The zero-order valence-electron chi connectivity index (χ0n) is 8.94. The third kappa shape index (κ3) is 4.44. The van der Waals surface area contributed by atoms with Gasteiger partial charge in [-0.2, -0.15) is 0 Å². The molecule has 84 valence electrons. The van der Waals surface area contributed by atoms with Gasteiger partial charge in [0, 0.05) is 11.3 Å². The SMILES string of the molecule is CC(CCN)C(=O)OCCc1cccs1. The largest absolute Gasteiger partial charge is 0.465 e. The van der Waals surface area contributed by atoms with Crippen molar-refractivity contribution in [2.45, 2.75) is 19.8 Å². The molecule has 15 heavy (non-hydrogen) atoms. The number of thiophene rings is 1. The number of nitrogens with two attached hydrogens (primary N) is 1. The Balaban J connectivity index is 2.17. The number of hydrogen-bond acceptors (Lipinski definition) is 4. The smallest absolute Gasteiger partial charge is 0.308 e. The van der Waals surface area contributed by atoms with Gasteiger partial charge >= 0.3 is 5.97 Å². The summed E-state index contributed by atoms with van der Waals surface area (Å²) in [6.07, 6.45) is 1.50.